The Balaban J connectivity index is 1.78. The molecule has 1 saturated heterocycles. The second-order valence-corrected chi connectivity index (χ2v) is 4.75. The molecule has 0 saturated carbocycles. The summed E-state index contributed by atoms with van der Waals surface area (Å²) in [6.45, 7) is 3.41. The third kappa shape index (κ3) is 3.72. The Labute approximate surface area is 103 Å². The number of ether oxygens (including phenoxy) is 1. The second kappa shape index (κ2) is 6.03. The summed E-state index contributed by atoms with van der Waals surface area (Å²) in [4.78, 5) is 0. The largest absolute Gasteiger partial charge is 0.491 e. The van der Waals surface area contributed by atoms with Gasteiger partial charge < -0.3 is 15.2 Å². The van der Waals surface area contributed by atoms with E-state index in [1.807, 2.05) is 31.2 Å². The maximum atomic E-state index is 10.0. The van der Waals surface area contributed by atoms with Crippen molar-refractivity contribution in [2.24, 2.45) is 0 Å². The van der Waals surface area contributed by atoms with Crippen LogP contribution in [0.4, 0.5) is 0 Å². The minimum atomic E-state index is -0.420. The Hall–Kier alpha value is -1.06. The molecule has 0 radical (unpaired) electrons. The van der Waals surface area contributed by atoms with Crippen molar-refractivity contribution in [3.8, 4) is 5.75 Å². The van der Waals surface area contributed by atoms with Crippen molar-refractivity contribution >= 4 is 0 Å². The molecule has 1 aliphatic rings. The Bertz CT molecular complexity index is 331. The van der Waals surface area contributed by atoms with Crippen LogP contribution in [-0.2, 0) is 0 Å². The summed E-state index contributed by atoms with van der Waals surface area (Å²) in [5.41, 5.74) is 1.21. The predicted octanol–water partition coefficient (Wildman–Crippen LogP) is 1.88. The lowest BCUT2D eigenvalue weighted by Crippen LogP contribution is -2.45. The average Bonchev–Trinajstić information content (AvgIpc) is 2.39. The van der Waals surface area contributed by atoms with Gasteiger partial charge in [0.1, 0.15) is 18.5 Å². The number of piperidine rings is 1. The molecule has 0 unspecified atom stereocenters. The Morgan fingerprint density at radius 2 is 2.12 bits per heavy atom. The zero-order valence-electron chi connectivity index (χ0n) is 10.4. The fraction of sp³-hybridized carbons (Fsp3) is 0.571. The van der Waals surface area contributed by atoms with E-state index >= 15 is 0 Å². The highest BCUT2D eigenvalue weighted by Gasteiger charge is 2.21. The fourth-order valence-electron chi connectivity index (χ4n) is 2.14. The monoisotopic (exact) mass is 235 g/mol. The van der Waals surface area contributed by atoms with Crippen LogP contribution in [0.2, 0.25) is 0 Å². The molecule has 94 valence electrons. The van der Waals surface area contributed by atoms with Crippen LogP contribution in [0.15, 0.2) is 24.3 Å². The van der Waals surface area contributed by atoms with Gasteiger partial charge in [-0.05, 0) is 38.4 Å². The van der Waals surface area contributed by atoms with Crippen molar-refractivity contribution < 1.29 is 9.84 Å². The molecule has 2 atom stereocenters. The lowest BCUT2D eigenvalue weighted by molar-refractivity contribution is 0.0639. The number of aliphatic hydroxyl groups excluding tert-OH is 1. The molecule has 1 aromatic rings. The van der Waals surface area contributed by atoms with Gasteiger partial charge in [-0.25, -0.2) is 0 Å². The number of nitrogens with one attached hydrogen (secondary N) is 1. The molecule has 0 aromatic heterocycles. The lowest BCUT2D eigenvalue weighted by atomic mass is 10.0. The van der Waals surface area contributed by atoms with Gasteiger partial charge in [0.05, 0.1) is 0 Å². The van der Waals surface area contributed by atoms with E-state index in [1.165, 1.54) is 18.4 Å². The van der Waals surface area contributed by atoms with E-state index in [0.29, 0.717) is 6.61 Å². The van der Waals surface area contributed by atoms with Crippen LogP contribution >= 0.6 is 0 Å². The van der Waals surface area contributed by atoms with Crippen LogP contribution < -0.4 is 10.1 Å². The van der Waals surface area contributed by atoms with E-state index in [2.05, 4.69) is 5.32 Å². The molecule has 1 aromatic carbocycles. The standard InChI is InChI=1S/C14H21NO2/c1-11-5-7-12(8-6-11)17-10-14(16)13-4-2-3-9-15-13/h5-8,13-16H,2-4,9-10H2,1H3/t13-,14-/m1/s1. The number of aliphatic hydroxyl groups is 1. The van der Waals surface area contributed by atoms with Crippen LogP contribution in [0.25, 0.3) is 0 Å². The van der Waals surface area contributed by atoms with E-state index in [4.69, 9.17) is 4.74 Å². The van der Waals surface area contributed by atoms with Crippen molar-refractivity contribution in [1.29, 1.82) is 0 Å². The molecule has 3 nitrogen and oxygen atoms in total. The molecule has 2 rings (SSSR count). The highest BCUT2D eigenvalue weighted by Crippen LogP contribution is 2.14. The van der Waals surface area contributed by atoms with Gasteiger partial charge in [-0.2, -0.15) is 0 Å². The van der Waals surface area contributed by atoms with Gasteiger partial charge in [0.2, 0.25) is 0 Å². The average molecular weight is 235 g/mol. The van der Waals surface area contributed by atoms with E-state index in [-0.39, 0.29) is 6.04 Å². The van der Waals surface area contributed by atoms with Gasteiger partial charge in [0, 0.05) is 6.04 Å². The Morgan fingerprint density at radius 1 is 1.35 bits per heavy atom. The van der Waals surface area contributed by atoms with E-state index in [9.17, 15) is 5.11 Å². The first-order chi connectivity index (χ1) is 8.25. The molecule has 0 bridgehead atoms. The molecule has 0 spiro atoms. The predicted molar refractivity (Wildman–Crippen MR) is 68.3 cm³/mol. The highest BCUT2D eigenvalue weighted by atomic mass is 16.5. The van der Waals surface area contributed by atoms with Crippen LogP contribution in [0.1, 0.15) is 24.8 Å². The Kier molecular flexibility index (Phi) is 4.40. The van der Waals surface area contributed by atoms with Crippen LogP contribution in [0, 0.1) is 6.92 Å². The lowest BCUT2D eigenvalue weighted by Gasteiger charge is -2.27. The molecule has 2 N–H and O–H groups in total. The van der Waals surface area contributed by atoms with Gasteiger partial charge in [-0.15, -0.1) is 0 Å². The van der Waals surface area contributed by atoms with E-state index < -0.39 is 6.10 Å². The number of benzene rings is 1. The molecule has 0 aliphatic carbocycles. The molecule has 1 heterocycles. The topological polar surface area (TPSA) is 41.5 Å². The maximum absolute atomic E-state index is 10.0. The molecule has 0 amide bonds. The smallest absolute Gasteiger partial charge is 0.119 e. The van der Waals surface area contributed by atoms with Gasteiger partial charge >= 0.3 is 0 Å². The summed E-state index contributed by atoms with van der Waals surface area (Å²) in [6.07, 6.45) is 3.02. The van der Waals surface area contributed by atoms with E-state index in [0.717, 1.165) is 18.7 Å². The molecule has 17 heavy (non-hydrogen) atoms. The third-order valence-corrected chi connectivity index (χ3v) is 3.25. The fourth-order valence-corrected chi connectivity index (χ4v) is 2.14. The van der Waals surface area contributed by atoms with Crippen LogP contribution in [-0.4, -0.2) is 30.4 Å². The molecular weight excluding hydrogens is 214 g/mol. The van der Waals surface area contributed by atoms with Crippen molar-refractivity contribution in [2.45, 2.75) is 38.3 Å². The summed E-state index contributed by atoms with van der Waals surface area (Å²) in [6, 6.07) is 8.10. The summed E-state index contributed by atoms with van der Waals surface area (Å²) >= 11 is 0. The molecular formula is C14H21NO2. The van der Waals surface area contributed by atoms with Gasteiger partial charge in [-0.1, -0.05) is 24.1 Å². The zero-order chi connectivity index (χ0) is 12.1. The van der Waals surface area contributed by atoms with Crippen molar-refractivity contribution in [1.82, 2.24) is 5.32 Å². The van der Waals surface area contributed by atoms with Crippen molar-refractivity contribution in [3.63, 3.8) is 0 Å². The van der Waals surface area contributed by atoms with Crippen molar-refractivity contribution in [2.75, 3.05) is 13.2 Å². The molecule has 1 fully saturated rings. The second-order valence-electron chi connectivity index (χ2n) is 4.75. The van der Waals surface area contributed by atoms with Crippen molar-refractivity contribution in [3.05, 3.63) is 29.8 Å². The molecule has 3 heteroatoms. The first-order valence-electron chi connectivity index (χ1n) is 6.36. The van der Waals surface area contributed by atoms with Gasteiger partial charge in [-0.3, -0.25) is 0 Å². The van der Waals surface area contributed by atoms with Crippen LogP contribution in [0.5, 0.6) is 5.75 Å². The summed E-state index contributed by atoms with van der Waals surface area (Å²) in [5.74, 6) is 0.824. The van der Waals surface area contributed by atoms with Gasteiger partial charge in [0.25, 0.3) is 0 Å². The summed E-state index contributed by atoms with van der Waals surface area (Å²) in [5, 5.41) is 13.3. The number of hydrogen-bond acceptors (Lipinski definition) is 3. The summed E-state index contributed by atoms with van der Waals surface area (Å²) < 4.78 is 5.59. The van der Waals surface area contributed by atoms with Gasteiger partial charge in [0.15, 0.2) is 0 Å². The number of rotatable bonds is 4. The van der Waals surface area contributed by atoms with E-state index in [1.54, 1.807) is 0 Å². The normalized spacial score (nSPS) is 22.1. The first kappa shape index (κ1) is 12.4. The Morgan fingerprint density at radius 3 is 2.76 bits per heavy atom. The number of hydrogen-bond donors (Lipinski definition) is 2. The van der Waals surface area contributed by atoms with Crippen LogP contribution in [0.3, 0.4) is 0 Å². The SMILES string of the molecule is Cc1ccc(OC[C@@H](O)[C@H]2CCCCN2)cc1. The first-order valence-corrected chi connectivity index (χ1v) is 6.36. The minimum Gasteiger partial charge on any atom is -0.491 e. The summed E-state index contributed by atoms with van der Waals surface area (Å²) in [7, 11) is 0. The molecule has 1 aliphatic heterocycles. The minimum absolute atomic E-state index is 0.189. The maximum Gasteiger partial charge on any atom is 0.119 e. The third-order valence-electron chi connectivity index (χ3n) is 3.25. The zero-order valence-corrected chi connectivity index (χ0v) is 10.4. The number of aryl methyl sites for hydroxylation is 1. The quantitative estimate of drug-likeness (QED) is 0.837. The highest BCUT2D eigenvalue weighted by molar-refractivity contribution is 5.26.